The van der Waals surface area contributed by atoms with Crippen molar-refractivity contribution in [3.8, 4) is 5.69 Å². The Morgan fingerprint density at radius 1 is 1.05 bits per heavy atom. The van der Waals surface area contributed by atoms with Crippen molar-refractivity contribution in [1.29, 1.82) is 0 Å². The molecule has 1 aliphatic heterocycles. The van der Waals surface area contributed by atoms with Gasteiger partial charge in [0.05, 0.1) is 41.9 Å². The van der Waals surface area contributed by atoms with E-state index in [0.717, 1.165) is 22.0 Å². The maximum Gasteiger partial charge on any atom is 0.395 e. The topological polar surface area (TPSA) is 78.1 Å². The van der Waals surface area contributed by atoms with Crippen LogP contribution in [-0.4, -0.2) is 70.9 Å². The van der Waals surface area contributed by atoms with Gasteiger partial charge in [0.2, 0.25) is 0 Å². The highest BCUT2D eigenvalue weighted by Gasteiger charge is 2.50. The molecule has 0 aliphatic carbocycles. The summed E-state index contributed by atoms with van der Waals surface area (Å²) in [6.07, 6.45) is -1.26. The van der Waals surface area contributed by atoms with Gasteiger partial charge in [0.1, 0.15) is 23.4 Å². The molecule has 0 spiro atoms. The van der Waals surface area contributed by atoms with Crippen LogP contribution in [0.1, 0.15) is 31.0 Å². The van der Waals surface area contributed by atoms with Gasteiger partial charge in [-0.05, 0) is 68.3 Å². The molecular weight excluding hydrogens is 534 g/mol. The minimum Gasteiger partial charge on any atom is -0.591 e. The fraction of sp³-hybridized carbons (Fsp3) is 0.423. The molecule has 39 heavy (non-hydrogen) atoms. The molecule has 2 atom stereocenters. The molecule has 4 aromatic rings. The van der Waals surface area contributed by atoms with Crippen molar-refractivity contribution >= 4 is 22.3 Å². The number of aromatic nitrogens is 5. The Labute approximate surface area is 226 Å². The molecule has 208 valence electrons. The zero-order valence-electron chi connectivity index (χ0n) is 22.0. The van der Waals surface area contributed by atoms with Crippen molar-refractivity contribution < 1.29 is 22.1 Å². The summed E-state index contributed by atoms with van der Waals surface area (Å²) in [4.78, 5) is 3.15. The van der Waals surface area contributed by atoms with E-state index in [2.05, 4.69) is 15.3 Å². The molecule has 0 bridgehead atoms. The van der Waals surface area contributed by atoms with Crippen LogP contribution < -0.4 is 0 Å². The molecule has 0 amide bonds. The summed E-state index contributed by atoms with van der Waals surface area (Å²) in [5.74, 6) is -0.351. The van der Waals surface area contributed by atoms with Gasteiger partial charge in [-0.2, -0.15) is 28.2 Å². The molecule has 8 nitrogen and oxygen atoms in total. The number of rotatable bonds is 6. The van der Waals surface area contributed by atoms with Crippen LogP contribution in [0.3, 0.4) is 0 Å². The molecule has 5 rings (SSSR count). The first-order valence-corrected chi connectivity index (χ1v) is 13.5. The third-order valence-electron chi connectivity index (χ3n) is 7.20. The lowest BCUT2D eigenvalue weighted by Crippen LogP contribution is -2.54. The Kier molecular flexibility index (Phi) is 7.20. The molecule has 2 aromatic heterocycles. The van der Waals surface area contributed by atoms with Crippen LogP contribution in [-0.2, 0) is 18.4 Å². The van der Waals surface area contributed by atoms with Crippen LogP contribution in [0.2, 0.25) is 0 Å². The fourth-order valence-corrected chi connectivity index (χ4v) is 6.02. The van der Waals surface area contributed by atoms with Crippen molar-refractivity contribution in [2.24, 2.45) is 12.5 Å². The van der Waals surface area contributed by atoms with Crippen LogP contribution in [0.15, 0.2) is 53.8 Å². The van der Waals surface area contributed by atoms with Crippen LogP contribution in [0, 0.1) is 18.2 Å². The Morgan fingerprint density at radius 3 is 2.41 bits per heavy atom. The second-order valence-corrected chi connectivity index (χ2v) is 11.9. The van der Waals surface area contributed by atoms with E-state index in [-0.39, 0.29) is 18.9 Å². The summed E-state index contributed by atoms with van der Waals surface area (Å²) in [6.45, 7) is 4.96. The zero-order valence-corrected chi connectivity index (χ0v) is 22.8. The van der Waals surface area contributed by atoms with E-state index in [1.807, 2.05) is 24.0 Å². The van der Waals surface area contributed by atoms with Crippen molar-refractivity contribution in [3.05, 3.63) is 65.7 Å². The second kappa shape index (κ2) is 10.2. The monoisotopic (exact) mass is 563 g/mol. The van der Waals surface area contributed by atoms with E-state index in [0.29, 0.717) is 23.8 Å². The minimum absolute atomic E-state index is 0.209. The van der Waals surface area contributed by atoms with E-state index in [1.165, 1.54) is 37.0 Å². The molecule has 1 saturated heterocycles. The van der Waals surface area contributed by atoms with Crippen LogP contribution in [0.5, 0.6) is 0 Å². The molecule has 2 aromatic carbocycles. The number of hydrogen-bond donors (Lipinski definition) is 0. The third kappa shape index (κ3) is 5.40. The Morgan fingerprint density at radius 2 is 1.77 bits per heavy atom. The number of benzene rings is 2. The maximum absolute atomic E-state index is 13.9. The van der Waals surface area contributed by atoms with Crippen LogP contribution >= 0.6 is 0 Å². The first-order valence-electron chi connectivity index (χ1n) is 12.4. The number of piperazine rings is 1. The van der Waals surface area contributed by atoms with Crippen molar-refractivity contribution in [2.75, 3.05) is 26.2 Å². The van der Waals surface area contributed by atoms with E-state index < -0.39 is 29.0 Å². The average Bonchev–Trinajstić information content (AvgIpc) is 3.49. The minimum atomic E-state index is -4.38. The highest BCUT2D eigenvalue weighted by atomic mass is 32.2. The van der Waals surface area contributed by atoms with E-state index in [4.69, 9.17) is 0 Å². The molecule has 1 fully saturated rings. The highest BCUT2D eigenvalue weighted by molar-refractivity contribution is 7.89. The van der Waals surface area contributed by atoms with E-state index in [1.54, 1.807) is 34.4 Å². The van der Waals surface area contributed by atoms with Gasteiger partial charge in [-0.25, -0.2) is 9.07 Å². The molecule has 13 heteroatoms. The molecule has 2 unspecified atom stereocenters. The maximum atomic E-state index is 13.9. The predicted molar refractivity (Wildman–Crippen MR) is 139 cm³/mol. The summed E-state index contributed by atoms with van der Waals surface area (Å²) in [7, 11) is 1.63. The van der Waals surface area contributed by atoms with Gasteiger partial charge in [-0.3, -0.25) is 4.90 Å². The number of aryl methyl sites for hydroxylation is 2. The zero-order chi connectivity index (χ0) is 28.1. The molecular formula is C26H29F4N7OS. The van der Waals surface area contributed by atoms with Crippen LogP contribution in [0.4, 0.5) is 17.6 Å². The summed E-state index contributed by atoms with van der Waals surface area (Å²) in [6, 6.07) is 9.40. The molecule has 0 N–H and O–H groups in total. The third-order valence-corrected chi connectivity index (χ3v) is 8.54. The van der Waals surface area contributed by atoms with Gasteiger partial charge in [0.25, 0.3) is 0 Å². The first kappa shape index (κ1) is 27.6. The Bertz CT molecular complexity index is 1470. The van der Waals surface area contributed by atoms with Gasteiger partial charge in [0, 0.05) is 25.5 Å². The van der Waals surface area contributed by atoms with Crippen LogP contribution in [0.25, 0.3) is 16.6 Å². The smallest absolute Gasteiger partial charge is 0.395 e. The predicted octanol–water partition coefficient (Wildman–Crippen LogP) is 4.57. The SMILES string of the molecule is Cc1cc2c(cnn2-c2ccc(F)cc2)cc1C1CN([S+]([O-])c2cnn(C)n2)CCN1CC(C)(C)C(F)(F)F. The lowest BCUT2D eigenvalue weighted by molar-refractivity contribution is -0.219. The Balaban J connectivity index is 1.52. The number of nitrogens with zero attached hydrogens (tertiary/aromatic N) is 7. The number of hydrogen-bond acceptors (Lipinski definition) is 6. The molecule has 0 saturated carbocycles. The molecule has 1 aliphatic rings. The van der Waals surface area contributed by atoms with Gasteiger partial charge in [-0.15, -0.1) is 9.40 Å². The quantitative estimate of drug-likeness (QED) is 0.253. The number of halogens is 4. The van der Waals surface area contributed by atoms with E-state index in [9.17, 15) is 22.1 Å². The normalized spacial score (nSPS) is 18.6. The van der Waals surface area contributed by atoms with Gasteiger partial charge < -0.3 is 4.55 Å². The fourth-order valence-electron chi connectivity index (χ4n) is 4.91. The van der Waals surface area contributed by atoms with Gasteiger partial charge in [0.15, 0.2) is 0 Å². The summed E-state index contributed by atoms with van der Waals surface area (Å²) in [5, 5.41) is 13.7. The second-order valence-electron chi connectivity index (χ2n) is 10.5. The van der Waals surface area contributed by atoms with Gasteiger partial charge >= 0.3 is 11.2 Å². The van der Waals surface area contributed by atoms with E-state index >= 15 is 0 Å². The molecule has 0 radical (unpaired) electrons. The largest absolute Gasteiger partial charge is 0.591 e. The van der Waals surface area contributed by atoms with Crippen molar-refractivity contribution in [2.45, 2.75) is 38.0 Å². The lowest BCUT2D eigenvalue weighted by Gasteiger charge is -2.44. The van der Waals surface area contributed by atoms with Crippen molar-refractivity contribution in [1.82, 2.24) is 34.0 Å². The van der Waals surface area contributed by atoms with Crippen molar-refractivity contribution in [3.63, 3.8) is 0 Å². The highest BCUT2D eigenvalue weighted by Crippen LogP contribution is 2.41. The number of fused-ring (bicyclic) bond motifs is 1. The number of alkyl halides is 3. The van der Waals surface area contributed by atoms with Gasteiger partial charge in [-0.1, -0.05) is 0 Å². The summed E-state index contributed by atoms with van der Waals surface area (Å²) in [5.41, 5.74) is 1.23. The summed E-state index contributed by atoms with van der Waals surface area (Å²) < 4.78 is 71.8. The lowest BCUT2D eigenvalue weighted by atomic mass is 9.89. The average molecular weight is 564 g/mol. The Hall–Kier alpha value is -3.00. The first-order chi connectivity index (χ1) is 18.3. The summed E-state index contributed by atoms with van der Waals surface area (Å²) >= 11 is -1.61. The standard InChI is InChI=1S/C26H29F4N7OS/c1-17-11-22-18(13-32-37(22)20-7-5-19(27)6-8-20)12-21(17)23-15-36(39(38)24-14-31-34(4)33-24)10-9-35(23)16-25(2,3)26(28,29)30/h5-8,11-14,23H,9-10,15-16H2,1-4H3. The molecule has 3 heterocycles.